The predicted octanol–water partition coefficient (Wildman–Crippen LogP) is 2.02. The van der Waals surface area contributed by atoms with Gasteiger partial charge in [0.05, 0.1) is 12.1 Å². The number of aliphatic hydroxyl groups is 1. The molecule has 9 nitrogen and oxygen atoms in total. The number of hydrogen-bond donors (Lipinski definition) is 1. The third kappa shape index (κ3) is 6.13. The number of amides is 2. The summed E-state index contributed by atoms with van der Waals surface area (Å²) < 4.78 is 10.7. The maximum atomic E-state index is 13.3. The molecule has 9 heteroatoms. The molecule has 0 unspecified atom stereocenters. The van der Waals surface area contributed by atoms with E-state index < -0.39 is 12.1 Å². The Hall–Kier alpha value is -2.65. The maximum Gasteiger partial charge on any atom is 0.410 e. The van der Waals surface area contributed by atoms with Crippen molar-refractivity contribution < 1.29 is 29.0 Å². The van der Waals surface area contributed by atoms with Gasteiger partial charge < -0.3 is 24.4 Å². The molecule has 3 fully saturated rings. The van der Waals surface area contributed by atoms with Crippen LogP contribution < -0.4 is 0 Å². The van der Waals surface area contributed by atoms with E-state index in [4.69, 9.17) is 9.47 Å². The normalized spacial score (nSPS) is 24.8. The number of piperazine rings is 1. The van der Waals surface area contributed by atoms with E-state index in [2.05, 4.69) is 4.90 Å². The number of aliphatic hydroxyl groups excluding tert-OH is 1. The molecule has 1 aromatic rings. The minimum atomic E-state index is -0.668. The molecule has 0 aromatic heterocycles. The van der Waals surface area contributed by atoms with E-state index >= 15 is 0 Å². The molecule has 1 saturated carbocycles. The summed E-state index contributed by atoms with van der Waals surface area (Å²) in [6.45, 7) is 6.32. The molecule has 2 amide bonds. The summed E-state index contributed by atoms with van der Waals surface area (Å²) in [5, 5.41) is 10.5. The molecule has 3 aliphatic rings. The van der Waals surface area contributed by atoms with Crippen LogP contribution in [0.4, 0.5) is 4.79 Å². The molecule has 2 saturated heterocycles. The number of hydrogen-bond acceptors (Lipinski definition) is 7. The van der Waals surface area contributed by atoms with Gasteiger partial charge in [0.25, 0.3) is 0 Å². The fourth-order valence-corrected chi connectivity index (χ4v) is 5.20. The molecule has 192 valence electrons. The Bertz CT molecular complexity index is 906. The second-order valence-electron chi connectivity index (χ2n) is 10.1. The summed E-state index contributed by atoms with van der Waals surface area (Å²) in [6.07, 6.45) is 3.05. The molecule has 35 heavy (non-hydrogen) atoms. The van der Waals surface area contributed by atoms with E-state index in [1.165, 1.54) is 11.8 Å². The minimum Gasteiger partial charge on any atom is -0.464 e. The van der Waals surface area contributed by atoms with Crippen molar-refractivity contribution >= 4 is 18.0 Å². The lowest BCUT2D eigenvalue weighted by molar-refractivity contribution is -0.151. The van der Waals surface area contributed by atoms with Gasteiger partial charge in [0, 0.05) is 33.1 Å². The van der Waals surface area contributed by atoms with E-state index in [0.29, 0.717) is 32.6 Å². The highest BCUT2D eigenvalue weighted by molar-refractivity contribution is 5.86. The number of esters is 1. The molecule has 0 radical (unpaired) electrons. The highest BCUT2D eigenvalue weighted by Gasteiger charge is 2.51. The van der Waals surface area contributed by atoms with E-state index in [-0.39, 0.29) is 42.7 Å². The molecule has 1 N–H and O–H groups in total. The van der Waals surface area contributed by atoms with Gasteiger partial charge in [-0.15, -0.1) is 0 Å². The van der Waals surface area contributed by atoms with Crippen LogP contribution in [0, 0.1) is 5.41 Å². The van der Waals surface area contributed by atoms with Crippen molar-refractivity contribution in [1.29, 1.82) is 0 Å². The van der Waals surface area contributed by atoms with Gasteiger partial charge in [0.1, 0.15) is 19.3 Å². The zero-order chi connectivity index (χ0) is 25.0. The number of likely N-dealkylation sites (tertiary alicyclic amines) is 1. The van der Waals surface area contributed by atoms with E-state index in [1.54, 1.807) is 11.8 Å². The van der Waals surface area contributed by atoms with Gasteiger partial charge in [0.15, 0.2) is 0 Å². The molecular formula is C26H37N3O6. The molecule has 4 rings (SSSR count). The van der Waals surface area contributed by atoms with Gasteiger partial charge in [-0.05, 0) is 50.1 Å². The molecule has 3 atom stereocenters. The number of carbonyl (C=O) groups excluding carboxylic acids is 3. The van der Waals surface area contributed by atoms with Crippen LogP contribution in [0.5, 0.6) is 0 Å². The molecule has 1 spiro atoms. The zero-order valence-corrected chi connectivity index (χ0v) is 20.7. The smallest absolute Gasteiger partial charge is 0.410 e. The largest absolute Gasteiger partial charge is 0.464 e. The Kier molecular flexibility index (Phi) is 7.96. The number of piperidine rings is 1. The molecule has 1 aromatic carbocycles. The monoisotopic (exact) mass is 487 g/mol. The van der Waals surface area contributed by atoms with Crippen LogP contribution in [0.15, 0.2) is 30.3 Å². The van der Waals surface area contributed by atoms with Crippen molar-refractivity contribution in [3.8, 4) is 0 Å². The number of rotatable bonds is 8. The first-order chi connectivity index (χ1) is 16.8. The summed E-state index contributed by atoms with van der Waals surface area (Å²) in [5.41, 5.74) is 1.03. The Morgan fingerprint density at radius 1 is 1.11 bits per heavy atom. The SMILES string of the molecule is CC(=O)OC[C@H](CCN1CCC2(CC2)[C@H](O)C1)N1CCN(C(=O)OCc2ccccc2)[C@@H](C)C1=O. The molecule has 1 aliphatic carbocycles. The van der Waals surface area contributed by atoms with Crippen molar-refractivity contribution in [3.63, 3.8) is 0 Å². The average molecular weight is 488 g/mol. The van der Waals surface area contributed by atoms with Crippen molar-refractivity contribution in [2.75, 3.05) is 39.3 Å². The van der Waals surface area contributed by atoms with Crippen LogP contribution in [0.3, 0.4) is 0 Å². The second kappa shape index (κ2) is 11.0. The lowest BCUT2D eigenvalue weighted by Crippen LogP contribution is -2.61. The molecule has 0 bridgehead atoms. The Labute approximate surface area is 206 Å². The fourth-order valence-electron chi connectivity index (χ4n) is 5.20. The summed E-state index contributed by atoms with van der Waals surface area (Å²) in [5.74, 6) is -0.566. The maximum absolute atomic E-state index is 13.3. The topological polar surface area (TPSA) is 99.6 Å². The van der Waals surface area contributed by atoms with E-state index in [1.807, 2.05) is 30.3 Å². The Balaban J connectivity index is 1.32. The summed E-state index contributed by atoms with van der Waals surface area (Å²) >= 11 is 0. The summed E-state index contributed by atoms with van der Waals surface area (Å²) in [7, 11) is 0. The molecule has 2 heterocycles. The third-order valence-electron chi connectivity index (χ3n) is 7.78. The predicted molar refractivity (Wildman–Crippen MR) is 128 cm³/mol. The van der Waals surface area contributed by atoms with Gasteiger partial charge in [-0.1, -0.05) is 30.3 Å². The first kappa shape index (κ1) is 25.4. The third-order valence-corrected chi connectivity index (χ3v) is 7.78. The highest BCUT2D eigenvalue weighted by atomic mass is 16.6. The summed E-state index contributed by atoms with van der Waals surface area (Å²) in [4.78, 5) is 42.9. The first-order valence-electron chi connectivity index (χ1n) is 12.6. The highest BCUT2D eigenvalue weighted by Crippen LogP contribution is 2.53. The molecule has 2 aliphatic heterocycles. The van der Waals surface area contributed by atoms with Gasteiger partial charge in [-0.3, -0.25) is 14.5 Å². The average Bonchev–Trinajstić information content (AvgIpc) is 3.63. The summed E-state index contributed by atoms with van der Waals surface area (Å²) in [6, 6.07) is 8.46. The number of β-amino-alcohol motifs (C(OH)–C–C–N with tert-alkyl or cyclic N) is 1. The Morgan fingerprint density at radius 3 is 2.51 bits per heavy atom. The Morgan fingerprint density at radius 2 is 1.86 bits per heavy atom. The van der Waals surface area contributed by atoms with E-state index in [9.17, 15) is 19.5 Å². The van der Waals surface area contributed by atoms with E-state index in [0.717, 1.165) is 31.4 Å². The van der Waals surface area contributed by atoms with Gasteiger partial charge in [0.2, 0.25) is 5.91 Å². The van der Waals surface area contributed by atoms with Crippen LogP contribution in [0.2, 0.25) is 0 Å². The van der Waals surface area contributed by atoms with Crippen molar-refractivity contribution in [3.05, 3.63) is 35.9 Å². The van der Waals surface area contributed by atoms with Crippen LogP contribution in [-0.4, -0.2) is 95.3 Å². The lowest BCUT2D eigenvalue weighted by Gasteiger charge is -2.43. The number of benzene rings is 1. The van der Waals surface area contributed by atoms with Crippen LogP contribution in [0.1, 0.15) is 45.1 Å². The van der Waals surface area contributed by atoms with Crippen molar-refractivity contribution in [2.24, 2.45) is 5.41 Å². The van der Waals surface area contributed by atoms with Crippen LogP contribution >= 0.6 is 0 Å². The van der Waals surface area contributed by atoms with Crippen molar-refractivity contribution in [1.82, 2.24) is 14.7 Å². The number of carbonyl (C=O) groups is 3. The first-order valence-corrected chi connectivity index (χ1v) is 12.6. The minimum absolute atomic E-state index is 0.118. The van der Waals surface area contributed by atoms with Crippen molar-refractivity contribution in [2.45, 2.75) is 64.3 Å². The molecular weight excluding hydrogens is 450 g/mol. The standard InChI is InChI=1S/C26H37N3O6/c1-19-24(32)29(15-14-28(19)25(33)35-17-21-6-4-3-5-7-21)22(18-34-20(2)30)8-12-27-13-11-26(9-10-26)23(31)16-27/h3-7,19,22-23,31H,8-18H2,1-2H3/t19-,22-,23+/m0/s1. The second-order valence-corrected chi connectivity index (χ2v) is 10.1. The quantitative estimate of drug-likeness (QED) is 0.560. The fraction of sp³-hybridized carbons (Fsp3) is 0.654. The van der Waals surface area contributed by atoms with Crippen LogP contribution in [0.25, 0.3) is 0 Å². The number of nitrogens with zero attached hydrogens (tertiary/aromatic N) is 3. The number of ether oxygens (including phenoxy) is 2. The lowest BCUT2D eigenvalue weighted by atomic mass is 9.90. The zero-order valence-electron chi connectivity index (χ0n) is 20.7. The van der Waals surface area contributed by atoms with Gasteiger partial charge in [-0.25, -0.2) is 4.79 Å². The van der Waals surface area contributed by atoms with Crippen LogP contribution in [-0.2, 0) is 25.7 Å². The van der Waals surface area contributed by atoms with Gasteiger partial charge >= 0.3 is 12.1 Å². The van der Waals surface area contributed by atoms with Gasteiger partial charge in [-0.2, -0.15) is 0 Å².